The molecule has 0 spiro atoms. The molecule has 0 bridgehead atoms. The van der Waals surface area contributed by atoms with Crippen molar-refractivity contribution in [3.63, 3.8) is 0 Å². The molecule has 0 saturated carbocycles. The van der Waals surface area contributed by atoms with Crippen LogP contribution in [0.5, 0.6) is 5.75 Å². The van der Waals surface area contributed by atoms with Gasteiger partial charge in [-0.15, -0.1) is 0 Å². The first-order valence-corrected chi connectivity index (χ1v) is 6.88. The van der Waals surface area contributed by atoms with Crippen molar-refractivity contribution in [3.05, 3.63) is 23.8 Å². The highest BCUT2D eigenvalue weighted by molar-refractivity contribution is 5.62. The van der Waals surface area contributed by atoms with E-state index in [2.05, 4.69) is 30.1 Å². The van der Waals surface area contributed by atoms with Crippen molar-refractivity contribution in [1.82, 2.24) is 5.32 Å². The summed E-state index contributed by atoms with van der Waals surface area (Å²) >= 11 is 0. The van der Waals surface area contributed by atoms with Crippen LogP contribution in [0, 0.1) is 0 Å². The topological polar surface area (TPSA) is 35.5 Å². The fourth-order valence-corrected chi connectivity index (χ4v) is 2.99. The molecular weight excluding hydrogens is 224 g/mol. The average Bonchev–Trinajstić information content (AvgIpc) is 2.66. The molecule has 3 heteroatoms. The molecule has 1 aliphatic heterocycles. The Bertz CT molecular complexity index is 403. The third-order valence-electron chi connectivity index (χ3n) is 3.71. The maximum atomic E-state index is 9.59. The van der Waals surface area contributed by atoms with Gasteiger partial charge in [0.2, 0.25) is 0 Å². The van der Waals surface area contributed by atoms with Crippen molar-refractivity contribution in [2.45, 2.75) is 45.2 Å². The second-order valence-electron chi connectivity index (χ2n) is 5.42. The van der Waals surface area contributed by atoms with Crippen LogP contribution in [0.3, 0.4) is 0 Å². The Morgan fingerprint density at radius 3 is 2.89 bits per heavy atom. The first-order valence-electron chi connectivity index (χ1n) is 6.88. The normalized spacial score (nSPS) is 18.4. The van der Waals surface area contributed by atoms with Gasteiger partial charge in [-0.3, -0.25) is 0 Å². The molecule has 0 amide bonds. The summed E-state index contributed by atoms with van der Waals surface area (Å²) in [6, 6.07) is 6.86. The van der Waals surface area contributed by atoms with E-state index in [0.717, 1.165) is 13.0 Å². The zero-order valence-electron chi connectivity index (χ0n) is 11.6. The van der Waals surface area contributed by atoms with E-state index in [1.807, 2.05) is 13.1 Å². The number of fused-ring (bicyclic) bond motifs is 1. The maximum Gasteiger partial charge on any atom is 0.116 e. The molecule has 0 aromatic heterocycles. The summed E-state index contributed by atoms with van der Waals surface area (Å²) in [5, 5.41) is 12.8. The summed E-state index contributed by atoms with van der Waals surface area (Å²) in [7, 11) is 2.00. The number of nitrogens with one attached hydrogen (secondary N) is 1. The van der Waals surface area contributed by atoms with Gasteiger partial charge in [0.15, 0.2) is 0 Å². The molecule has 1 atom stereocenters. The first kappa shape index (κ1) is 13.2. The van der Waals surface area contributed by atoms with Gasteiger partial charge in [0.05, 0.1) is 0 Å². The lowest BCUT2D eigenvalue weighted by Gasteiger charge is -2.31. The monoisotopic (exact) mass is 248 g/mol. The molecule has 1 aromatic rings. The van der Waals surface area contributed by atoms with Crippen LogP contribution in [-0.2, 0) is 6.42 Å². The van der Waals surface area contributed by atoms with Gasteiger partial charge in [-0.05, 0) is 70.5 Å². The van der Waals surface area contributed by atoms with Crippen molar-refractivity contribution < 1.29 is 5.11 Å². The average molecular weight is 248 g/mol. The lowest BCUT2D eigenvalue weighted by atomic mass is 10.1. The zero-order chi connectivity index (χ0) is 13.1. The van der Waals surface area contributed by atoms with Gasteiger partial charge in [0.1, 0.15) is 5.75 Å². The van der Waals surface area contributed by atoms with Gasteiger partial charge in [-0.2, -0.15) is 0 Å². The van der Waals surface area contributed by atoms with Gasteiger partial charge in [-0.1, -0.05) is 0 Å². The molecular formula is C15H24N2O. The van der Waals surface area contributed by atoms with E-state index in [1.165, 1.54) is 24.1 Å². The van der Waals surface area contributed by atoms with Crippen molar-refractivity contribution in [2.24, 2.45) is 0 Å². The van der Waals surface area contributed by atoms with Gasteiger partial charge in [0, 0.05) is 17.8 Å². The number of rotatable bonds is 5. The van der Waals surface area contributed by atoms with E-state index >= 15 is 0 Å². The molecule has 1 aromatic carbocycles. The molecule has 1 unspecified atom stereocenters. The van der Waals surface area contributed by atoms with Crippen molar-refractivity contribution in [2.75, 3.05) is 18.5 Å². The van der Waals surface area contributed by atoms with E-state index in [0.29, 0.717) is 17.8 Å². The predicted molar refractivity (Wildman–Crippen MR) is 76.4 cm³/mol. The Hall–Kier alpha value is -1.22. The smallest absolute Gasteiger partial charge is 0.116 e. The number of phenols is 1. The Kier molecular flexibility index (Phi) is 4.12. The summed E-state index contributed by atoms with van der Waals surface area (Å²) < 4.78 is 0. The molecule has 2 N–H and O–H groups in total. The molecule has 0 saturated heterocycles. The highest BCUT2D eigenvalue weighted by Gasteiger charge is 2.30. The summed E-state index contributed by atoms with van der Waals surface area (Å²) in [6.45, 7) is 5.56. The third kappa shape index (κ3) is 2.61. The van der Waals surface area contributed by atoms with Crippen LogP contribution in [-0.4, -0.2) is 30.8 Å². The zero-order valence-corrected chi connectivity index (χ0v) is 11.6. The molecule has 100 valence electrons. The summed E-state index contributed by atoms with van der Waals surface area (Å²) in [6.07, 6.45) is 3.46. The number of phenolic OH excluding ortho intramolecular Hbond substituents is 1. The molecule has 1 heterocycles. The predicted octanol–water partition coefficient (Wildman–Crippen LogP) is 2.53. The second-order valence-corrected chi connectivity index (χ2v) is 5.42. The lowest BCUT2D eigenvalue weighted by Crippen LogP contribution is -2.38. The number of hydrogen-bond donors (Lipinski definition) is 2. The molecule has 0 aliphatic carbocycles. The van der Waals surface area contributed by atoms with Crippen LogP contribution < -0.4 is 10.2 Å². The maximum absolute atomic E-state index is 9.59. The quantitative estimate of drug-likeness (QED) is 0.786. The summed E-state index contributed by atoms with van der Waals surface area (Å²) in [4.78, 5) is 2.50. The fraction of sp³-hybridized carbons (Fsp3) is 0.600. The minimum atomic E-state index is 0.383. The van der Waals surface area contributed by atoms with Crippen LogP contribution in [0.25, 0.3) is 0 Å². The van der Waals surface area contributed by atoms with Gasteiger partial charge < -0.3 is 15.3 Å². The number of aromatic hydroxyl groups is 1. The second kappa shape index (κ2) is 5.61. The number of benzene rings is 1. The SMILES string of the molecule is CNCCCC1Cc2cc(O)ccc2N1C(C)C. The van der Waals surface area contributed by atoms with Gasteiger partial charge >= 0.3 is 0 Å². The Morgan fingerprint density at radius 2 is 2.22 bits per heavy atom. The van der Waals surface area contributed by atoms with Crippen LogP contribution in [0.15, 0.2) is 18.2 Å². The van der Waals surface area contributed by atoms with E-state index in [4.69, 9.17) is 0 Å². The van der Waals surface area contributed by atoms with E-state index in [1.54, 1.807) is 6.07 Å². The highest BCUT2D eigenvalue weighted by atomic mass is 16.3. The summed E-state index contributed by atoms with van der Waals surface area (Å²) in [5.41, 5.74) is 2.59. The summed E-state index contributed by atoms with van der Waals surface area (Å²) in [5.74, 6) is 0.383. The van der Waals surface area contributed by atoms with Crippen molar-refractivity contribution in [1.29, 1.82) is 0 Å². The van der Waals surface area contributed by atoms with Crippen molar-refractivity contribution in [3.8, 4) is 5.75 Å². The van der Waals surface area contributed by atoms with Crippen LogP contribution in [0.1, 0.15) is 32.3 Å². The molecule has 18 heavy (non-hydrogen) atoms. The minimum absolute atomic E-state index is 0.383. The minimum Gasteiger partial charge on any atom is -0.508 e. The Labute approximate surface area is 110 Å². The van der Waals surface area contributed by atoms with Gasteiger partial charge in [-0.25, -0.2) is 0 Å². The standard InChI is InChI=1S/C15H24N2O/c1-11(2)17-13(5-4-8-16-3)9-12-10-14(18)6-7-15(12)17/h6-7,10-11,13,16,18H,4-5,8-9H2,1-3H3. The van der Waals surface area contributed by atoms with Crippen molar-refractivity contribution >= 4 is 5.69 Å². The number of hydrogen-bond acceptors (Lipinski definition) is 3. The molecule has 2 rings (SSSR count). The molecule has 0 radical (unpaired) electrons. The lowest BCUT2D eigenvalue weighted by molar-refractivity contribution is 0.474. The first-order chi connectivity index (χ1) is 8.63. The number of anilines is 1. The van der Waals surface area contributed by atoms with E-state index in [9.17, 15) is 5.11 Å². The molecule has 1 aliphatic rings. The van der Waals surface area contributed by atoms with Gasteiger partial charge in [0.25, 0.3) is 0 Å². The molecule has 3 nitrogen and oxygen atoms in total. The number of nitrogens with zero attached hydrogens (tertiary/aromatic N) is 1. The Balaban J connectivity index is 2.15. The Morgan fingerprint density at radius 1 is 1.44 bits per heavy atom. The van der Waals surface area contributed by atoms with Crippen LogP contribution >= 0.6 is 0 Å². The van der Waals surface area contributed by atoms with Crippen LogP contribution in [0.2, 0.25) is 0 Å². The fourth-order valence-electron chi connectivity index (χ4n) is 2.99. The largest absolute Gasteiger partial charge is 0.508 e. The molecule has 0 fully saturated rings. The van der Waals surface area contributed by atoms with E-state index in [-0.39, 0.29) is 0 Å². The van der Waals surface area contributed by atoms with E-state index < -0.39 is 0 Å². The third-order valence-corrected chi connectivity index (χ3v) is 3.71. The highest BCUT2D eigenvalue weighted by Crippen LogP contribution is 2.37. The van der Waals surface area contributed by atoms with Crippen LogP contribution in [0.4, 0.5) is 5.69 Å².